The molecule has 2 unspecified atom stereocenters. The first-order valence-corrected chi connectivity index (χ1v) is 12.9. The second-order valence-corrected chi connectivity index (χ2v) is 9.76. The van der Waals surface area contributed by atoms with E-state index in [1.54, 1.807) is 11.8 Å². The standard InChI is InChI=1S/C30H37N3O4/c1-7-37-29(34)16-26(25-11-12-27-30(21(25)4)31-32-33(27)5)23-10-8-19(2)24(15-23)18-36-17-22-9-13-28(35-6)20(3)14-22/h8-15,20,26,28H,7,16-18H2,1-6H3/t20?,26-,28?/m1/s1. The summed E-state index contributed by atoms with van der Waals surface area (Å²) < 4.78 is 18.7. The van der Waals surface area contributed by atoms with Crippen LogP contribution in [-0.2, 0) is 32.7 Å². The molecule has 0 fully saturated rings. The molecule has 1 aromatic heterocycles. The fourth-order valence-corrected chi connectivity index (χ4v) is 5.03. The van der Waals surface area contributed by atoms with Gasteiger partial charge in [-0.2, -0.15) is 0 Å². The highest BCUT2D eigenvalue weighted by Gasteiger charge is 2.24. The first-order chi connectivity index (χ1) is 17.8. The number of nitrogens with zero attached hydrogens (tertiary/aromatic N) is 3. The molecule has 0 spiro atoms. The molecule has 1 aliphatic rings. The van der Waals surface area contributed by atoms with Gasteiger partial charge in [0.15, 0.2) is 0 Å². The maximum atomic E-state index is 12.6. The Labute approximate surface area is 219 Å². The smallest absolute Gasteiger partial charge is 0.306 e. The van der Waals surface area contributed by atoms with E-state index in [0.717, 1.165) is 44.4 Å². The van der Waals surface area contributed by atoms with E-state index in [-0.39, 0.29) is 24.4 Å². The van der Waals surface area contributed by atoms with Gasteiger partial charge in [0.2, 0.25) is 0 Å². The van der Waals surface area contributed by atoms with Gasteiger partial charge in [-0.3, -0.25) is 4.79 Å². The zero-order valence-electron chi connectivity index (χ0n) is 22.7. The van der Waals surface area contributed by atoms with Gasteiger partial charge in [-0.15, -0.1) is 5.10 Å². The molecular formula is C30H37N3O4. The highest BCUT2D eigenvalue weighted by atomic mass is 16.5. The van der Waals surface area contributed by atoms with Crippen molar-refractivity contribution < 1.29 is 19.0 Å². The second-order valence-electron chi connectivity index (χ2n) is 9.76. The quantitative estimate of drug-likeness (QED) is 0.348. The molecular weight excluding hydrogens is 466 g/mol. The zero-order valence-corrected chi connectivity index (χ0v) is 22.7. The zero-order chi connectivity index (χ0) is 26.5. The van der Waals surface area contributed by atoms with E-state index in [4.69, 9.17) is 14.2 Å². The van der Waals surface area contributed by atoms with E-state index < -0.39 is 0 Å². The van der Waals surface area contributed by atoms with E-state index in [9.17, 15) is 4.79 Å². The lowest BCUT2D eigenvalue weighted by molar-refractivity contribution is -0.143. The minimum Gasteiger partial charge on any atom is -0.466 e. The monoisotopic (exact) mass is 503 g/mol. The molecule has 2 aromatic carbocycles. The van der Waals surface area contributed by atoms with Crippen molar-refractivity contribution in [1.29, 1.82) is 0 Å². The summed E-state index contributed by atoms with van der Waals surface area (Å²) in [4.78, 5) is 12.6. The van der Waals surface area contributed by atoms with Gasteiger partial charge in [0.05, 0.1) is 37.9 Å². The Hall–Kier alpha value is -3.29. The fraction of sp³-hybridized carbons (Fsp3) is 0.433. The number of aryl methyl sites for hydroxylation is 3. The summed E-state index contributed by atoms with van der Waals surface area (Å²) in [6.45, 7) is 9.49. The molecule has 0 saturated heterocycles. The molecule has 1 heterocycles. The Kier molecular flexibility index (Phi) is 8.56. The molecule has 4 rings (SSSR count). The van der Waals surface area contributed by atoms with Crippen LogP contribution in [0.25, 0.3) is 11.0 Å². The van der Waals surface area contributed by atoms with Crippen LogP contribution in [0.3, 0.4) is 0 Å². The number of rotatable bonds is 10. The lowest BCUT2D eigenvalue weighted by Gasteiger charge is -2.22. The molecule has 0 N–H and O–H groups in total. The lowest BCUT2D eigenvalue weighted by atomic mass is 9.84. The number of ether oxygens (including phenoxy) is 3. The third-order valence-electron chi connectivity index (χ3n) is 7.20. The van der Waals surface area contributed by atoms with Gasteiger partial charge < -0.3 is 14.2 Å². The van der Waals surface area contributed by atoms with Gasteiger partial charge in [0.1, 0.15) is 5.52 Å². The highest BCUT2D eigenvalue weighted by molar-refractivity contribution is 5.80. The summed E-state index contributed by atoms with van der Waals surface area (Å²) in [6, 6.07) is 10.5. The van der Waals surface area contributed by atoms with Crippen LogP contribution in [0, 0.1) is 19.8 Å². The maximum absolute atomic E-state index is 12.6. The van der Waals surface area contributed by atoms with Crippen molar-refractivity contribution in [2.24, 2.45) is 13.0 Å². The van der Waals surface area contributed by atoms with Crippen molar-refractivity contribution in [1.82, 2.24) is 15.0 Å². The van der Waals surface area contributed by atoms with Crippen LogP contribution in [0.4, 0.5) is 0 Å². The van der Waals surface area contributed by atoms with Gasteiger partial charge in [-0.1, -0.05) is 54.6 Å². The first kappa shape index (κ1) is 26.8. The highest BCUT2D eigenvalue weighted by Crippen LogP contribution is 2.34. The molecule has 1 aliphatic carbocycles. The normalized spacial score (nSPS) is 18.2. The van der Waals surface area contributed by atoms with Gasteiger partial charge in [0, 0.05) is 26.0 Å². The van der Waals surface area contributed by atoms with Gasteiger partial charge in [-0.25, -0.2) is 4.68 Å². The number of fused-ring (bicyclic) bond motifs is 1. The summed E-state index contributed by atoms with van der Waals surface area (Å²) >= 11 is 0. The van der Waals surface area contributed by atoms with Crippen LogP contribution in [0.15, 0.2) is 54.1 Å². The number of carbonyl (C=O) groups is 1. The van der Waals surface area contributed by atoms with Crippen molar-refractivity contribution >= 4 is 17.0 Å². The summed E-state index contributed by atoms with van der Waals surface area (Å²) in [5.41, 5.74) is 8.36. The Morgan fingerprint density at radius 1 is 1.16 bits per heavy atom. The molecule has 7 nitrogen and oxygen atoms in total. The molecule has 37 heavy (non-hydrogen) atoms. The average Bonchev–Trinajstić information content (AvgIpc) is 3.26. The molecule has 3 atom stereocenters. The maximum Gasteiger partial charge on any atom is 0.306 e. The Morgan fingerprint density at radius 3 is 2.70 bits per heavy atom. The first-order valence-electron chi connectivity index (χ1n) is 12.9. The van der Waals surface area contributed by atoms with Crippen molar-refractivity contribution in [3.63, 3.8) is 0 Å². The molecule has 0 radical (unpaired) electrons. The number of hydrogen-bond acceptors (Lipinski definition) is 6. The Morgan fingerprint density at radius 2 is 1.97 bits per heavy atom. The van der Waals surface area contributed by atoms with Crippen LogP contribution < -0.4 is 0 Å². The minimum atomic E-state index is -0.218. The molecule has 0 saturated carbocycles. The minimum absolute atomic E-state index is 0.114. The van der Waals surface area contributed by atoms with Crippen molar-refractivity contribution in [2.75, 3.05) is 20.3 Å². The summed E-state index contributed by atoms with van der Waals surface area (Å²) in [7, 11) is 3.62. The topological polar surface area (TPSA) is 75.5 Å². The van der Waals surface area contributed by atoms with Crippen LogP contribution in [0.5, 0.6) is 0 Å². The summed E-state index contributed by atoms with van der Waals surface area (Å²) in [5.74, 6) is -0.0678. The SMILES string of the molecule is CCOC(=O)C[C@H](c1ccc(C)c(COCC2=CC(C)C(OC)C=C2)c1)c1ccc2c(nnn2C)c1C. The van der Waals surface area contributed by atoms with E-state index >= 15 is 0 Å². The molecule has 3 aromatic rings. The largest absolute Gasteiger partial charge is 0.466 e. The van der Waals surface area contributed by atoms with Crippen molar-refractivity contribution in [3.05, 3.63) is 82.0 Å². The summed E-state index contributed by atoms with van der Waals surface area (Å²) in [5, 5.41) is 8.53. The third-order valence-corrected chi connectivity index (χ3v) is 7.20. The molecule has 0 bridgehead atoms. The number of hydrogen-bond donors (Lipinski definition) is 0. The van der Waals surface area contributed by atoms with Gasteiger partial charge >= 0.3 is 5.97 Å². The van der Waals surface area contributed by atoms with E-state index in [0.29, 0.717) is 25.7 Å². The van der Waals surface area contributed by atoms with Gasteiger partial charge in [-0.05, 0) is 60.2 Å². The number of esters is 1. The number of carbonyl (C=O) groups excluding carboxylic acids is 1. The predicted octanol–water partition coefficient (Wildman–Crippen LogP) is 5.33. The van der Waals surface area contributed by atoms with Crippen LogP contribution >= 0.6 is 0 Å². The van der Waals surface area contributed by atoms with Crippen LogP contribution in [0.2, 0.25) is 0 Å². The van der Waals surface area contributed by atoms with E-state index in [2.05, 4.69) is 66.7 Å². The Balaban J connectivity index is 1.59. The molecule has 0 aliphatic heterocycles. The Bertz CT molecular complexity index is 1320. The fourth-order valence-electron chi connectivity index (χ4n) is 5.03. The molecule has 0 amide bonds. The lowest BCUT2D eigenvalue weighted by Crippen LogP contribution is -2.19. The van der Waals surface area contributed by atoms with Crippen LogP contribution in [0.1, 0.15) is 54.0 Å². The molecule has 196 valence electrons. The van der Waals surface area contributed by atoms with E-state index in [1.165, 1.54) is 0 Å². The average molecular weight is 504 g/mol. The van der Waals surface area contributed by atoms with Gasteiger partial charge in [0.25, 0.3) is 0 Å². The number of benzene rings is 2. The molecule has 7 heteroatoms. The third kappa shape index (κ3) is 6.00. The van der Waals surface area contributed by atoms with E-state index in [1.807, 2.05) is 27.0 Å². The summed E-state index contributed by atoms with van der Waals surface area (Å²) in [6.07, 6.45) is 6.74. The number of methoxy groups -OCH3 is 1. The van der Waals surface area contributed by atoms with Crippen molar-refractivity contribution in [3.8, 4) is 0 Å². The number of aromatic nitrogens is 3. The van der Waals surface area contributed by atoms with Crippen LogP contribution in [-0.4, -0.2) is 47.4 Å². The van der Waals surface area contributed by atoms with Crippen molar-refractivity contribution in [2.45, 2.75) is 52.7 Å². The second kappa shape index (κ2) is 11.8. The predicted molar refractivity (Wildman–Crippen MR) is 144 cm³/mol.